The Bertz CT molecular complexity index is 1240. The molecule has 0 aromatic heterocycles. The van der Waals surface area contributed by atoms with Gasteiger partial charge in [-0.25, -0.2) is 0 Å². The van der Waals surface area contributed by atoms with Crippen molar-refractivity contribution in [2.24, 2.45) is 17.8 Å². The maximum atomic E-state index is 13.0. The molecular weight excluding hydrogens is 506 g/mol. The number of benzene rings is 2. The number of allylic oxidation sites excluding steroid dienone is 1. The standard InChI is InChI=1S/C30H34ClNO6/c1-3-18(13-19-10-11-21(34)15-25(19)31)9-12-26(35)27-20(17-38-22-7-5-4-6-8-22)14-23-28(24(27)16-33)30(37)32(2)29(23)36/h4-8,10-11,13,15,23-24,26,28,33-35H,3,9,12,14,16-17H2,1-2H3/b18-13+/t23-,24+,26-,28-/m1/s1. The number of hydrogen-bond donors (Lipinski definition) is 3. The minimum Gasteiger partial charge on any atom is -0.508 e. The van der Waals surface area contributed by atoms with E-state index < -0.39 is 23.9 Å². The molecule has 0 unspecified atom stereocenters. The highest BCUT2D eigenvalue weighted by molar-refractivity contribution is 6.32. The van der Waals surface area contributed by atoms with Crippen LogP contribution in [0.3, 0.4) is 0 Å². The zero-order valence-electron chi connectivity index (χ0n) is 21.6. The summed E-state index contributed by atoms with van der Waals surface area (Å²) in [5.74, 6) is -1.76. The average molecular weight is 540 g/mol. The Kier molecular flexibility index (Phi) is 8.92. The number of nitrogens with zero attached hydrogens (tertiary/aromatic N) is 1. The van der Waals surface area contributed by atoms with Crippen molar-refractivity contribution in [2.75, 3.05) is 20.3 Å². The second-order valence-corrected chi connectivity index (χ2v) is 10.3. The van der Waals surface area contributed by atoms with Gasteiger partial charge in [0.2, 0.25) is 11.8 Å². The number of hydrogen-bond acceptors (Lipinski definition) is 6. The van der Waals surface area contributed by atoms with Crippen LogP contribution in [0.4, 0.5) is 0 Å². The molecule has 1 heterocycles. The highest BCUT2D eigenvalue weighted by Crippen LogP contribution is 2.46. The van der Waals surface area contributed by atoms with E-state index in [1.807, 2.05) is 43.3 Å². The molecule has 1 aliphatic heterocycles. The second kappa shape index (κ2) is 12.2. The van der Waals surface area contributed by atoms with Gasteiger partial charge in [0, 0.05) is 13.0 Å². The Morgan fingerprint density at radius 1 is 1.18 bits per heavy atom. The van der Waals surface area contributed by atoms with Crippen molar-refractivity contribution in [2.45, 2.75) is 38.7 Å². The summed E-state index contributed by atoms with van der Waals surface area (Å²) in [5, 5.41) is 31.9. The quantitative estimate of drug-likeness (QED) is 0.301. The Balaban J connectivity index is 1.61. The summed E-state index contributed by atoms with van der Waals surface area (Å²) in [4.78, 5) is 27.0. The van der Waals surface area contributed by atoms with Crippen LogP contribution in [0.1, 0.15) is 38.2 Å². The SMILES string of the molecule is CC/C(=C\c1ccc(O)cc1Cl)CC[C@@H](O)C1=C(COc2ccccc2)C[C@H]2C(=O)N(C)C(=O)[C@H]2[C@H]1CO. The lowest BCUT2D eigenvalue weighted by atomic mass is 9.68. The van der Waals surface area contributed by atoms with Crippen molar-refractivity contribution in [3.63, 3.8) is 0 Å². The highest BCUT2D eigenvalue weighted by atomic mass is 35.5. The Morgan fingerprint density at radius 2 is 1.92 bits per heavy atom. The number of aliphatic hydroxyl groups is 2. The summed E-state index contributed by atoms with van der Waals surface area (Å²) >= 11 is 6.28. The van der Waals surface area contributed by atoms with Crippen molar-refractivity contribution in [1.82, 2.24) is 4.90 Å². The fraction of sp³-hybridized carbons (Fsp3) is 0.400. The van der Waals surface area contributed by atoms with E-state index in [1.165, 1.54) is 13.1 Å². The van der Waals surface area contributed by atoms with Crippen LogP contribution in [-0.4, -0.2) is 58.4 Å². The van der Waals surface area contributed by atoms with Gasteiger partial charge in [-0.1, -0.05) is 48.4 Å². The molecule has 0 radical (unpaired) electrons. The zero-order valence-corrected chi connectivity index (χ0v) is 22.4. The highest BCUT2D eigenvalue weighted by Gasteiger charge is 2.53. The molecule has 202 valence electrons. The van der Waals surface area contributed by atoms with Gasteiger partial charge >= 0.3 is 0 Å². The second-order valence-electron chi connectivity index (χ2n) is 9.94. The van der Waals surface area contributed by atoms with Crippen molar-refractivity contribution >= 4 is 29.5 Å². The lowest BCUT2D eigenvalue weighted by molar-refractivity contribution is -0.138. The van der Waals surface area contributed by atoms with Gasteiger partial charge in [-0.15, -0.1) is 0 Å². The van der Waals surface area contributed by atoms with Gasteiger partial charge in [-0.2, -0.15) is 0 Å². The number of aliphatic hydroxyl groups excluding tert-OH is 2. The van der Waals surface area contributed by atoms with E-state index in [0.717, 1.165) is 28.0 Å². The molecule has 2 aromatic rings. The van der Waals surface area contributed by atoms with E-state index in [0.29, 0.717) is 35.6 Å². The zero-order chi connectivity index (χ0) is 27.4. The first-order chi connectivity index (χ1) is 18.2. The monoisotopic (exact) mass is 539 g/mol. The predicted molar refractivity (Wildman–Crippen MR) is 146 cm³/mol. The first-order valence-corrected chi connectivity index (χ1v) is 13.3. The third kappa shape index (κ3) is 5.80. The van der Waals surface area contributed by atoms with Crippen LogP contribution in [0.25, 0.3) is 6.08 Å². The molecule has 3 N–H and O–H groups in total. The Morgan fingerprint density at radius 3 is 2.58 bits per heavy atom. The molecule has 7 nitrogen and oxygen atoms in total. The van der Waals surface area contributed by atoms with Crippen LogP contribution in [0.2, 0.25) is 5.02 Å². The molecule has 1 fully saturated rings. The van der Waals surface area contributed by atoms with Crippen molar-refractivity contribution < 1.29 is 29.6 Å². The number of rotatable bonds is 10. The van der Waals surface area contributed by atoms with Crippen molar-refractivity contribution in [1.29, 1.82) is 0 Å². The van der Waals surface area contributed by atoms with E-state index in [9.17, 15) is 24.9 Å². The molecule has 0 spiro atoms. The smallest absolute Gasteiger partial charge is 0.233 e. The number of likely N-dealkylation sites (tertiary alicyclic amines) is 1. The largest absolute Gasteiger partial charge is 0.508 e. The average Bonchev–Trinajstić information content (AvgIpc) is 3.13. The van der Waals surface area contributed by atoms with Gasteiger partial charge in [0.15, 0.2) is 0 Å². The van der Waals surface area contributed by atoms with E-state index in [-0.39, 0.29) is 30.8 Å². The summed E-state index contributed by atoms with van der Waals surface area (Å²) in [6.07, 6.45) is 2.99. The number of carbonyl (C=O) groups excluding carboxylic acids is 2. The summed E-state index contributed by atoms with van der Waals surface area (Å²) in [6.45, 7) is 1.82. The number of halogens is 1. The fourth-order valence-electron chi connectivity index (χ4n) is 5.62. The van der Waals surface area contributed by atoms with Crippen LogP contribution in [0.5, 0.6) is 11.5 Å². The third-order valence-corrected chi connectivity index (χ3v) is 7.98. The number of amides is 2. The van der Waals surface area contributed by atoms with Crippen LogP contribution < -0.4 is 4.74 Å². The van der Waals surface area contributed by atoms with Gasteiger partial charge in [-0.05, 0) is 72.7 Å². The topological polar surface area (TPSA) is 107 Å². The van der Waals surface area contributed by atoms with E-state index >= 15 is 0 Å². The predicted octanol–water partition coefficient (Wildman–Crippen LogP) is 4.60. The lowest BCUT2D eigenvalue weighted by Crippen LogP contribution is -2.39. The van der Waals surface area contributed by atoms with Crippen LogP contribution >= 0.6 is 11.6 Å². The van der Waals surface area contributed by atoms with Crippen LogP contribution in [-0.2, 0) is 9.59 Å². The Labute approximate surface area is 228 Å². The van der Waals surface area contributed by atoms with Gasteiger partial charge in [0.25, 0.3) is 0 Å². The molecule has 8 heteroatoms. The molecule has 4 rings (SSSR count). The molecule has 1 aliphatic carbocycles. The fourth-order valence-corrected chi connectivity index (χ4v) is 5.85. The number of ether oxygens (including phenoxy) is 1. The maximum absolute atomic E-state index is 13.0. The van der Waals surface area contributed by atoms with Gasteiger partial charge in [0.05, 0.1) is 29.6 Å². The molecule has 2 aromatic carbocycles. The Hall–Kier alpha value is -3.13. The van der Waals surface area contributed by atoms with E-state index in [2.05, 4.69) is 0 Å². The lowest BCUT2D eigenvalue weighted by Gasteiger charge is -2.36. The summed E-state index contributed by atoms with van der Waals surface area (Å²) in [5.41, 5.74) is 3.18. The van der Waals surface area contributed by atoms with Gasteiger partial charge < -0.3 is 20.1 Å². The molecule has 4 atom stereocenters. The number of phenols is 1. The minimum absolute atomic E-state index is 0.0917. The third-order valence-electron chi connectivity index (χ3n) is 7.65. The number of phenolic OH excluding ortho intramolecular Hbond substituents is 1. The molecule has 2 aliphatic rings. The van der Waals surface area contributed by atoms with Crippen molar-refractivity contribution in [3.05, 3.63) is 75.8 Å². The number of para-hydroxylation sites is 1. The van der Waals surface area contributed by atoms with E-state index in [1.54, 1.807) is 12.1 Å². The molecular formula is C30H34ClNO6. The maximum Gasteiger partial charge on any atom is 0.233 e. The first kappa shape index (κ1) is 27.9. The normalized spacial score (nSPS) is 22.6. The summed E-state index contributed by atoms with van der Waals surface area (Å²) < 4.78 is 6.00. The minimum atomic E-state index is -0.929. The van der Waals surface area contributed by atoms with Gasteiger partial charge in [-0.3, -0.25) is 14.5 Å². The molecule has 2 amide bonds. The first-order valence-electron chi connectivity index (χ1n) is 12.9. The van der Waals surface area contributed by atoms with Crippen LogP contribution in [0.15, 0.2) is 65.3 Å². The van der Waals surface area contributed by atoms with Crippen molar-refractivity contribution in [3.8, 4) is 11.5 Å². The molecule has 0 saturated carbocycles. The van der Waals surface area contributed by atoms with Gasteiger partial charge in [0.1, 0.15) is 18.1 Å². The number of fused-ring (bicyclic) bond motifs is 1. The number of imide groups is 1. The summed E-state index contributed by atoms with van der Waals surface area (Å²) in [7, 11) is 1.47. The molecule has 1 saturated heterocycles. The van der Waals surface area contributed by atoms with E-state index in [4.69, 9.17) is 16.3 Å². The number of aromatic hydroxyl groups is 1. The van der Waals surface area contributed by atoms with Crippen LogP contribution in [0, 0.1) is 17.8 Å². The summed E-state index contributed by atoms with van der Waals surface area (Å²) in [6, 6.07) is 14.1. The molecule has 0 bridgehead atoms. The molecule has 38 heavy (non-hydrogen) atoms. The number of carbonyl (C=O) groups is 2.